The number of benzene rings is 1. The van der Waals surface area contributed by atoms with Crippen molar-refractivity contribution in [2.45, 2.75) is 60.0 Å². The predicted molar refractivity (Wildman–Crippen MR) is 89.1 cm³/mol. The molecule has 0 unspecified atom stereocenters. The first-order chi connectivity index (χ1) is 9.86. The molecule has 2 heteroatoms. The monoisotopic (exact) mass is 288 g/mol. The summed E-state index contributed by atoms with van der Waals surface area (Å²) in [5.74, 6) is 0.970. The first kappa shape index (κ1) is 17.6. The number of methoxy groups -OCH3 is 1. The second kappa shape index (κ2) is 8.07. The maximum absolute atomic E-state index is 9.23. The van der Waals surface area contributed by atoms with Gasteiger partial charge in [0.2, 0.25) is 0 Å². The average Bonchev–Trinajstić information content (AvgIpc) is 2.42. The zero-order valence-corrected chi connectivity index (χ0v) is 14.2. The number of hydrogen-bond acceptors (Lipinski definition) is 2. The van der Waals surface area contributed by atoms with Crippen molar-refractivity contribution in [3.63, 3.8) is 0 Å². The molecule has 21 heavy (non-hydrogen) atoms. The Morgan fingerprint density at radius 2 is 2.00 bits per heavy atom. The van der Waals surface area contributed by atoms with Gasteiger partial charge in [-0.05, 0) is 93.9 Å². The lowest BCUT2D eigenvalue weighted by Crippen LogP contribution is -2.00. The molecule has 1 rings (SSSR count). The maximum Gasteiger partial charge on any atom is 0.122 e. The van der Waals surface area contributed by atoms with Crippen LogP contribution in [0, 0.1) is 20.8 Å². The van der Waals surface area contributed by atoms with E-state index in [9.17, 15) is 5.11 Å². The van der Waals surface area contributed by atoms with Crippen molar-refractivity contribution in [1.82, 2.24) is 0 Å². The number of rotatable bonds is 6. The second-order valence-corrected chi connectivity index (χ2v) is 5.84. The van der Waals surface area contributed by atoms with E-state index in [1.807, 2.05) is 6.08 Å². The summed E-state index contributed by atoms with van der Waals surface area (Å²) in [4.78, 5) is 0. The molecular weight excluding hydrogens is 260 g/mol. The first-order valence-corrected chi connectivity index (χ1v) is 7.59. The zero-order chi connectivity index (χ0) is 16.0. The topological polar surface area (TPSA) is 29.5 Å². The van der Waals surface area contributed by atoms with Crippen LogP contribution in [-0.2, 0) is 6.42 Å². The quantitative estimate of drug-likeness (QED) is 0.785. The predicted octanol–water partition coefficient (Wildman–Crippen LogP) is 4.43. The molecule has 2 nitrogen and oxygen atoms in total. The molecule has 116 valence electrons. The van der Waals surface area contributed by atoms with Crippen molar-refractivity contribution in [3.8, 4) is 5.75 Å². The Morgan fingerprint density at radius 3 is 2.57 bits per heavy atom. The maximum atomic E-state index is 9.23. The summed E-state index contributed by atoms with van der Waals surface area (Å²) in [6, 6.07) is 2.12. The third-order valence-corrected chi connectivity index (χ3v) is 3.99. The summed E-state index contributed by atoms with van der Waals surface area (Å²) in [5.41, 5.74) is 9.74. The molecule has 0 bridgehead atoms. The molecule has 0 aliphatic heterocycles. The highest BCUT2D eigenvalue weighted by Gasteiger charge is 2.10. The summed E-state index contributed by atoms with van der Waals surface area (Å²) < 4.78 is 5.42. The number of ether oxygens (including phenoxy) is 1. The second-order valence-electron chi connectivity index (χ2n) is 5.84. The molecule has 1 N–H and O–H groups in total. The molecule has 0 saturated carbocycles. The highest BCUT2D eigenvalue weighted by molar-refractivity contribution is 5.48. The molecule has 0 aliphatic rings. The van der Waals surface area contributed by atoms with E-state index in [0.717, 1.165) is 18.6 Å². The summed E-state index contributed by atoms with van der Waals surface area (Å²) in [7, 11) is 1.72. The van der Waals surface area contributed by atoms with Crippen LogP contribution in [0.2, 0.25) is 0 Å². The Labute approximate surface area is 129 Å². The molecule has 0 amide bonds. The van der Waals surface area contributed by atoms with Gasteiger partial charge < -0.3 is 9.84 Å². The van der Waals surface area contributed by atoms with Gasteiger partial charge in [0, 0.05) is 0 Å². The number of aliphatic hydroxyl groups excluding tert-OH is 1. The largest absolute Gasteiger partial charge is 0.496 e. The minimum absolute atomic E-state index is 0.293. The van der Waals surface area contributed by atoms with Crippen LogP contribution >= 0.6 is 0 Å². The molecule has 1 aromatic carbocycles. The van der Waals surface area contributed by atoms with Crippen molar-refractivity contribution in [2.24, 2.45) is 0 Å². The van der Waals surface area contributed by atoms with Gasteiger partial charge in [-0.1, -0.05) is 0 Å². The van der Waals surface area contributed by atoms with Crippen LogP contribution in [0.3, 0.4) is 0 Å². The van der Waals surface area contributed by atoms with Crippen LogP contribution in [-0.4, -0.2) is 18.3 Å². The highest BCUT2D eigenvalue weighted by Crippen LogP contribution is 2.28. The SMILES string of the molecule is COc1cc(C)c(CCC(C)=C=CC[C@@H](C)O)c(C)c1C. The summed E-state index contributed by atoms with van der Waals surface area (Å²) >= 11 is 0. The van der Waals surface area contributed by atoms with Crippen molar-refractivity contribution in [3.05, 3.63) is 45.7 Å². The lowest BCUT2D eigenvalue weighted by atomic mass is 9.93. The fourth-order valence-electron chi connectivity index (χ4n) is 2.48. The van der Waals surface area contributed by atoms with Crippen LogP contribution in [0.15, 0.2) is 23.4 Å². The van der Waals surface area contributed by atoms with Gasteiger partial charge in [-0.3, -0.25) is 0 Å². The van der Waals surface area contributed by atoms with Gasteiger partial charge in [0.05, 0.1) is 13.2 Å². The van der Waals surface area contributed by atoms with E-state index in [0.29, 0.717) is 6.42 Å². The van der Waals surface area contributed by atoms with Gasteiger partial charge in [0.25, 0.3) is 0 Å². The molecule has 1 aromatic rings. The first-order valence-electron chi connectivity index (χ1n) is 7.59. The fourth-order valence-corrected chi connectivity index (χ4v) is 2.48. The van der Waals surface area contributed by atoms with E-state index >= 15 is 0 Å². The summed E-state index contributed by atoms with van der Waals surface area (Å²) in [5, 5.41) is 9.23. The lowest BCUT2D eigenvalue weighted by molar-refractivity contribution is 0.198. The molecule has 0 heterocycles. The minimum Gasteiger partial charge on any atom is -0.496 e. The molecule has 0 saturated heterocycles. The minimum atomic E-state index is -0.293. The normalized spacial score (nSPS) is 11.8. The van der Waals surface area contributed by atoms with Crippen LogP contribution < -0.4 is 4.74 Å². The Morgan fingerprint density at radius 1 is 1.33 bits per heavy atom. The van der Waals surface area contributed by atoms with E-state index < -0.39 is 0 Å². The van der Waals surface area contributed by atoms with Crippen LogP contribution in [0.5, 0.6) is 5.75 Å². The van der Waals surface area contributed by atoms with Crippen LogP contribution in [0.4, 0.5) is 0 Å². The Bertz CT molecular complexity index is 547. The van der Waals surface area contributed by atoms with Gasteiger partial charge in [-0.25, -0.2) is 0 Å². The number of aliphatic hydroxyl groups is 1. The van der Waals surface area contributed by atoms with Gasteiger partial charge in [-0.2, -0.15) is 0 Å². The number of hydrogen-bond donors (Lipinski definition) is 1. The molecule has 0 spiro atoms. The summed E-state index contributed by atoms with van der Waals surface area (Å²) in [6.45, 7) is 10.3. The lowest BCUT2D eigenvalue weighted by Gasteiger charge is -2.16. The van der Waals surface area contributed by atoms with Gasteiger partial charge in [0.1, 0.15) is 5.75 Å². The van der Waals surface area contributed by atoms with E-state index in [4.69, 9.17) is 4.74 Å². The number of aryl methyl sites for hydroxylation is 1. The Hall–Kier alpha value is -1.50. The summed E-state index contributed by atoms with van der Waals surface area (Å²) in [6.07, 6.45) is 4.31. The highest BCUT2D eigenvalue weighted by atomic mass is 16.5. The van der Waals surface area contributed by atoms with E-state index in [1.165, 1.54) is 27.8 Å². The molecular formula is C19H28O2. The molecule has 0 fully saturated rings. The van der Waals surface area contributed by atoms with Gasteiger partial charge >= 0.3 is 0 Å². The Balaban J connectivity index is 2.85. The fraction of sp³-hybridized carbons (Fsp3) is 0.526. The van der Waals surface area contributed by atoms with E-state index in [2.05, 4.69) is 39.5 Å². The van der Waals surface area contributed by atoms with Crippen molar-refractivity contribution in [1.29, 1.82) is 0 Å². The van der Waals surface area contributed by atoms with Crippen molar-refractivity contribution >= 4 is 0 Å². The Kier molecular flexibility index (Phi) is 6.74. The molecule has 0 aliphatic carbocycles. The van der Waals surface area contributed by atoms with Gasteiger partial charge in [0.15, 0.2) is 0 Å². The molecule has 0 radical (unpaired) electrons. The van der Waals surface area contributed by atoms with E-state index in [-0.39, 0.29) is 6.10 Å². The third kappa shape index (κ3) is 5.08. The van der Waals surface area contributed by atoms with E-state index in [1.54, 1.807) is 14.0 Å². The molecule has 0 aromatic heterocycles. The molecule has 1 atom stereocenters. The van der Waals surface area contributed by atoms with Crippen molar-refractivity contribution in [2.75, 3.05) is 7.11 Å². The average molecular weight is 288 g/mol. The smallest absolute Gasteiger partial charge is 0.122 e. The van der Waals surface area contributed by atoms with Crippen LogP contribution in [0.1, 0.15) is 48.9 Å². The van der Waals surface area contributed by atoms with Crippen molar-refractivity contribution < 1.29 is 9.84 Å². The standard InChI is InChI=1S/C19H28O2/c1-13(8-7-9-15(3)20)10-11-18-14(2)12-19(21-6)17(5)16(18)4/h7,12,15,20H,9-11H2,1-6H3/t8?,15-/m1/s1. The third-order valence-electron chi connectivity index (χ3n) is 3.99. The van der Waals surface area contributed by atoms with Crippen LogP contribution in [0.25, 0.3) is 0 Å². The van der Waals surface area contributed by atoms with Gasteiger partial charge in [-0.15, -0.1) is 5.73 Å². The zero-order valence-electron chi connectivity index (χ0n) is 14.2.